The molecule has 0 aromatic carbocycles. The summed E-state index contributed by atoms with van der Waals surface area (Å²) < 4.78 is 5.67. The van der Waals surface area contributed by atoms with Crippen molar-refractivity contribution in [3.8, 4) is 0 Å². The molecule has 1 saturated heterocycles. The number of hydrogen-bond acceptors (Lipinski definition) is 4. The van der Waals surface area contributed by atoms with Gasteiger partial charge in [-0.05, 0) is 25.8 Å². The van der Waals surface area contributed by atoms with E-state index in [9.17, 15) is 4.79 Å². The molecule has 2 unspecified atom stereocenters. The average molecular weight is 271 g/mol. The highest BCUT2D eigenvalue weighted by atomic mass is 16.5. The number of ether oxygens (including phenoxy) is 1. The molecule has 0 aromatic rings. The van der Waals surface area contributed by atoms with E-state index in [0.717, 1.165) is 45.5 Å². The van der Waals surface area contributed by atoms with Gasteiger partial charge in [0.05, 0.1) is 6.10 Å². The van der Waals surface area contributed by atoms with Crippen LogP contribution in [-0.4, -0.2) is 55.7 Å². The van der Waals surface area contributed by atoms with Gasteiger partial charge in [-0.1, -0.05) is 13.8 Å². The maximum absolute atomic E-state index is 11.8. The lowest BCUT2D eigenvalue weighted by molar-refractivity contribution is -0.122. The number of nitrogens with zero attached hydrogens (tertiary/aromatic N) is 1. The predicted octanol–water partition coefficient (Wildman–Crippen LogP) is 0.731. The molecule has 0 saturated carbocycles. The largest absolute Gasteiger partial charge is 0.377 e. The number of nitrogens with one attached hydrogen (secondary N) is 1. The zero-order valence-corrected chi connectivity index (χ0v) is 12.4. The van der Waals surface area contributed by atoms with E-state index in [1.807, 2.05) is 0 Å². The fraction of sp³-hybridized carbons (Fsp3) is 0.929. The highest BCUT2D eigenvalue weighted by Gasteiger charge is 2.24. The summed E-state index contributed by atoms with van der Waals surface area (Å²) in [6, 6.07) is 0.117. The average Bonchev–Trinajstić information content (AvgIpc) is 2.93. The van der Waals surface area contributed by atoms with Crippen LogP contribution in [0.4, 0.5) is 0 Å². The van der Waals surface area contributed by atoms with Crippen LogP contribution in [0.1, 0.15) is 39.5 Å². The molecule has 1 rings (SSSR count). The first-order valence-electron chi connectivity index (χ1n) is 7.53. The summed E-state index contributed by atoms with van der Waals surface area (Å²) in [6.45, 7) is 8.08. The molecule has 1 amide bonds. The first-order valence-corrected chi connectivity index (χ1v) is 7.53. The van der Waals surface area contributed by atoms with Crippen molar-refractivity contribution in [2.45, 2.75) is 51.7 Å². The fourth-order valence-electron chi connectivity index (χ4n) is 2.50. The third kappa shape index (κ3) is 5.89. The lowest BCUT2D eigenvalue weighted by atomic mass is 10.1. The third-order valence-electron chi connectivity index (χ3n) is 3.65. The molecule has 0 bridgehead atoms. The minimum atomic E-state index is 0.100. The van der Waals surface area contributed by atoms with Crippen LogP contribution >= 0.6 is 0 Å². The van der Waals surface area contributed by atoms with Gasteiger partial charge >= 0.3 is 0 Å². The van der Waals surface area contributed by atoms with Gasteiger partial charge in [0.15, 0.2) is 0 Å². The predicted molar refractivity (Wildman–Crippen MR) is 77.0 cm³/mol. The Morgan fingerprint density at radius 3 is 2.84 bits per heavy atom. The monoisotopic (exact) mass is 271 g/mol. The lowest BCUT2D eigenvalue weighted by Crippen LogP contribution is -2.46. The molecule has 1 aliphatic rings. The highest BCUT2D eigenvalue weighted by molar-refractivity contribution is 5.76. The summed E-state index contributed by atoms with van der Waals surface area (Å²) in [6.07, 6.45) is 4.03. The molecule has 5 nitrogen and oxygen atoms in total. The normalized spacial score (nSPS) is 20.7. The van der Waals surface area contributed by atoms with Crippen molar-refractivity contribution in [2.24, 2.45) is 5.73 Å². The standard InChI is InChI=1S/C14H29N3O2/c1-3-7-16-14(18)9-12(10-15)17(4-2)11-13-6-5-8-19-13/h12-13H,3-11,15H2,1-2H3,(H,16,18). The molecule has 1 heterocycles. The number of likely N-dealkylation sites (N-methyl/N-ethyl adjacent to an activating group) is 1. The van der Waals surface area contributed by atoms with E-state index in [1.54, 1.807) is 0 Å². The van der Waals surface area contributed by atoms with Gasteiger partial charge in [0, 0.05) is 38.7 Å². The van der Waals surface area contributed by atoms with Crippen LogP contribution in [0.3, 0.4) is 0 Å². The Hall–Kier alpha value is -0.650. The molecule has 112 valence electrons. The Balaban J connectivity index is 2.42. The van der Waals surface area contributed by atoms with E-state index in [4.69, 9.17) is 10.5 Å². The van der Waals surface area contributed by atoms with Gasteiger partial charge in [-0.2, -0.15) is 0 Å². The zero-order chi connectivity index (χ0) is 14.1. The van der Waals surface area contributed by atoms with Gasteiger partial charge < -0.3 is 15.8 Å². The number of carbonyl (C=O) groups is 1. The second-order valence-electron chi connectivity index (χ2n) is 5.17. The molecule has 0 spiro atoms. The Bertz CT molecular complexity index is 255. The van der Waals surface area contributed by atoms with Gasteiger partial charge in [0.2, 0.25) is 5.91 Å². The van der Waals surface area contributed by atoms with Crippen molar-refractivity contribution in [1.29, 1.82) is 0 Å². The molecular formula is C14H29N3O2. The molecule has 2 atom stereocenters. The van der Waals surface area contributed by atoms with E-state index in [1.165, 1.54) is 0 Å². The van der Waals surface area contributed by atoms with Gasteiger partial charge in [0.25, 0.3) is 0 Å². The highest BCUT2D eigenvalue weighted by Crippen LogP contribution is 2.15. The van der Waals surface area contributed by atoms with E-state index < -0.39 is 0 Å². The first-order chi connectivity index (χ1) is 9.21. The summed E-state index contributed by atoms with van der Waals surface area (Å²) in [5.74, 6) is 0.100. The maximum Gasteiger partial charge on any atom is 0.221 e. The van der Waals surface area contributed by atoms with Crippen molar-refractivity contribution >= 4 is 5.91 Å². The molecule has 3 N–H and O–H groups in total. The van der Waals surface area contributed by atoms with E-state index >= 15 is 0 Å². The zero-order valence-electron chi connectivity index (χ0n) is 12.4. The Labute approximate surface area is 116 Å². The summed E-state index contributed by atoms with van der Waals surface area (Å²) >= 11 is 0. The van der Waals surface area contributed by atoms with Crippen molar-refractivity contribution in [1.82, 2.24) is 10.2 Å². The summed E-state index contributed by atoms with van der Waals surface area (Å²) in [5, 5.41) is 2.92. The number of carbonyl (C=O) groups excluding carboxylic acids is 1. The first kappa shape index (κ1) is 16.4. The van der Waals surface area contributed by atoms with Crippen molar-refractivity contribution in [2.75, 3.05) is 32.8 Å². The van der Waals surface area contributed by atoms with Gasteiger partial charge in [-0.25, -0.2) is 0 Å². The fourth-order valence-corrected chi connectivity index (χ4v) is 2.50. The minimum Gasteiger partial charge on any atom is -0.377 e. The van der Waals surface area contributed by atoms with Crippen molar-refractivity contribution in [3.63, 3.8) is 0 Å². The van der Waals surface area contributed by atoms with Crippen LogP contribution in [0.15, 0.2) is 0 Å². The third-order valence-corrected chi connectivity index (χ3v) is 3.65. The Morgan fingerprint density at radius 2 is 2.32 bits per heavy atom. The topological polar surface area (TPSA) is 67.6 Å². The molecule has 5 heteroatoms. The molecule has 1 fully saturated rings. The van der Waals surface area contributed by atoms with E-state index in [0.29, 0.717) is 19.1 Å². The summed E-state index contributed by atoms with van der Waals surface area (Å²) in [4.78, 5) is 14.1. The van der Waals surface area contributed by atoms with Crippen LogP contribution in [0, 0.1) is 0 Å². The summed E-state index contributed by atoms with van der Waals surface area (Å²) in [5.41, 5.74) is 5.84. The van der Waals surface area contributed by atoms with Crippen molar-refractivity contribution < 1.29 is 9.53 Å². The SMILES string of the molecule is CCCNC(=O)CC(CN)N(CC)CC1CCCO1. The summed E-state index contributed by atoms with van der Waals surface area (Å²) in [7, 11) is 0. The second-order valence-corrected chi connectivity index (χ2v) is 5.17. The number of amides is 1. The number of nitrogens with two attached hydrogens (primary N) is 1. The van der Waals surface area contributed by atoms with Crippen LogP contribution in [0.25, 0.3) is 0 Å². The van der Waals surface area contributed by atoms with Gasteiger partial charge in [0.1, 0.15) is 0 Å². The maximum atomic E-state index is 11.8. The van der Waals surface area contributed by atoms with Crippen LogP contribution in [-0.2, 0) is 9.53 Å². The van der Waals surface area contributed by atoms with Crippen molar-refractivity contribution in [3.05, 3.63) is 0 Å². The lowest BCUT2D eigenvalue weighted by Gasteiger charge is -2.31. The Morgan fingerprint density at radius 1 is 1.53 bits per heavy atom. The quantitative estimate of drug-likeness (QED) is 0.649. The number of rotatable bonds is 9. The second kappa shape index (κ2) is 9.28. The molecule has 1 aliphatic heterocycles. The minimum absolute atomic E-state index is 0.100. The van der Waals surface area contributed by atoms with Gasteiger partial charge in [-0.15, -0.1) is 0 Å². The molecular weight excluding hydrogens is 242 g/mol. The molecule has 0 aliphatic carbocycles. The van der Waals surface area contributed by atoms with E-state index in [2.05, 4.69) is 24.1 Å². The van der Waals surface area contributed by atoms with Gasteiger partial charge in [-0.3, -0.25) is 9.69 Å². The Kier molecular flexibility index (Phi) is 8.02. The number of hydrogen-bond donors (Lipinski definition) is 2. The smallest absolute Gasteiger partial charge is 0.221 e. The van der Waals surface area contributed by atoms with Crippen LogP contribution in [0.5, 0.6) is 0 Å². The van der Waals surface area contributed by atoms with Crippen LogP contribution < -0.4 is 11.1 Å². The molecule has 0 radical (unpaired) electrons. The van der Waals surface area contributed by atoms with E-state index in [-0.39, 0.29) is 11.9 Å². The van der Waals surface area contributed by atoms with Crippen LogP contribution in [0.2, 0.25) is 0 Å². The molecule has 0 aromatic heterocycles. The molecule has 19 heavy (non-hydrogen) atoms.